The highest BCUT2D eigenvalue weighted by molar-refractivity contribution is 5.49. The first-order chi connectivity index (χ1) is 9.74. The third-order valence-corrected chi connectivity index (χ3v) is 3.72. The summed E-state index contributed by atoms with van der Waals surface area (Å²) in [5.41, 5.74) is 0. The molecule has 1 heterocycles. The minimum atomic E-state index is 0.598. The standard InChI is InChI=1S/C16H28N4/c1-4-6-7-11-20(3)15-12-14(17-10-5-2)18-16(19-15)13-8-9-13/h12-13H,4-11H2,1-3H3,(H,17,18,19). The molecule has 0 bridgehead atoms. The van der Waals surface area contributed by atoms with Crippen molar-refractivity contribution in [2.24, 2.45) is 0 Å². The van der Waals surface area contributed by atoms with Gasteiger partial charge in [0, 0.05) is 32.1 Å². The number of hydrogen-bond acceptors (Lipinski definition) is 4. The van der Waals surface area contributed by atoms with Crippen LogP contribution in [0.2, 0.25) is 0 Å². The molecular weight excluding hydrogens is 248 g/mol. The van der Waals surface area contributed by atoms with Gasteiger partial charge in [-0.15, -0.1) is 0 Å². The van der Waals surface area contributed by atoms with Crippen molar-refractivity contribution in [3.05, 3.63) is 11.9 Å². The molecule has 0 spiro atoms. The number of aromatic nitrogens is 2. The molecule has 0 saturated heterocycles. The van der Waals surface area contributed by atoms with Crippen molar-refractivity contribution in [2.45, 2.75) is 58.3 Å². The summed E-state index contributed by atoms with van der Waals surface area (Å²) < 4.78 is 0. The molecule has 2 rings (SSSR count). The smallest absolute Gasteiger partial charge is 0.136 e. The van der Waals surface area contributed by atoms with E-state index in [1.54, 1.807) is 0 Å². The van der Waals surface area contributed by atoms with Gasteiger partial charge in [-0.05, 0) is 25.7 Å². The first kappa shape index (κ1) is 15.1. The molecule has 1 aliphatic carbocycles. The predicted octanol–water partition coefficient (Wildman–Crippen LogP) is 3.80. The van der Waals surface area contributed by atoms with Gasteiger partial charge in [0.25, 0.3) is 0 Å². The summed E-state index contributed by atoms with van der Waals surface area (Å²) in [6.07, 6.45) is 7.38. The molecule has 1 fully saturated rings. The van der Waals surface area contributed by atoms with Gasteiger partial charge in [-0.3, -0.25) is 0 Å². The minimum Gasteiger partial charge on any atom is -0.370 e. The fourth-order valence-corrected chi connectivity index (χ4v) is 2.23. The van der Waals surface area contributed by atoms with E-state index in [1.165, 1.54) is 32.1 Å². The number of nitrogens with one attached hydrogen (secondary N) is 1. The van der Waals surface area contributed by atoms with E-state index in [2.05, 4.69) is 42.2 Å². The van der Waals surface area contributed by atoms with Crippen LogP contribution in [0.3, 0.4) is 0 Å². The molecule has 4 nitrogen and oxygen atoms in total. The lowest BCUT2D eigenvalue weighted by atomic mass is 10.2. The van der Waals surface area contributed by atoms with Crippen molar-refractivity contribution in [3.8, 4) is 0 Å². The molecule has 1 N–H and O–H groups in total. The van der Waals surface area contributed by atoms with Crippen LogP contribution in [0.5, 0.6) is 0 Å². The highest BCUT2D eigenvalue weighted by atomic mass is 15.2. The summed E-state index contributed by atoms with van der Waals surface area (Å²) in [5.74, 6) is 3.68. The maximum atomic E-state index is 4.76. The van der Waals surface area contributed by atoms with Crippen LogP contribution >= 0.6 is 0 Å². The van der Waals surface area contributed by atoms with Crippen molar-refractivity contribution in [1.82, 2.24) is 9.97 Å². The molecule has 4 heteroatoms. The quantitative estimate of drug-likeness (QED) is 0.696. The van der Waals surface area contributed by atoms with E-state index >= 15 is 0 Å². The van der Waals surface area contributed by atoms with Gasteiger partial charge in [-0.25, -0.2) is 9.97 Å². The third-order valence-electron chi connectivity index (χ3n) is 3.72. The molecule has 0 aromatic carbocycles. The van der Waals surface area contributed by atoms with Gasteiger partial charge in [-0.2, -0.15) is 0 Å². The Kier molecular flexibility index (Phi) is 5.62. The highest BCUT2D eigenvalue weighted by Crippen LogP contribution is 2.39. The summed E-state index contributed by atoms with van der Waals surface area (Å²) in [4.78, 5) is 11.7. The summed E-state index contributed by atoms with van der Waals surface area (Å²) in [7, 11) is 2.14. The van der Waals surface area contributed by atoms with Crippen LogP contribution in [0, 0.1) is 0 Å². The van der Waals surface area contributed by atoms with Crippen LogP contribution < -0.4 is 10.2 Å². The molecule has 1 aromatic heterocycles. The van der Waals surface area contributed by atoms with E-state index in [1.807, 2.05) is 0 Å². The molecule has 0 atom stereocenters. The van der Waals surface area contributed by atoms with Crippen molar-refractivity contribution in [1.29, 1.82) is 0 Å². The van der Waals surface area contributed by atoms with Gasteiger partial charge in [0.05, 0.1) is 0 Å². The molecule has 112 valence electrons. The molecule has 1 saturated carbocycles. The zero-order valence-corrected chi connectivity index (χ0v) is 13.2. The van der Waals surface area contributed by atoms with Crippen molar-refractivity contribution in [3.63, 3.8) is 0 Å². The van der Waals surface area contributed by atoms with E-state index in [0.717, 1.165) is 37.0 Å². The van der Waals surface area contributed by atoms with Gasteiger partial charge in [-0.1, -0.05) is 26.7 Å². The fourth-order valence-electron chi connectivity index (χ4n) is 2.23. The zero-order valence-electron chi connectivity index (χ0n) is 13.2. The number of nitrogens with zero attached hydrogens (tertiary/aromatic N) is 3. The average molecular weight is 276 g/mol. The molecule has 1 aromatic rings. The molecule has 0 amide bonds. The highest BCUT2D eigenvalue weighted by Gasteiger charge is 2.27. The predicted molar refractivity (Wildman–Crippen MR) is 85.6 cm³/mol. The summed E-state index contributed by atoms with van der Waals surface area (Å²) >= 11 is 0. The van der Waals surface area contributed by atoms with E-state index in [0.29, 0.717) is 5.92 Å². The zero-order chi connectivity index (χ0) is 14.4. The van der Waals surface area contributed by atoms with Crippen LogP contribution in [0.15, 0.2) is 6.07 Å². The second-order valence-electron chi connectivity index (χ2n) is 5.80. The molecule has 0 radical (unpaired) electrons. The van der Waals surface area contributed by atoms with Gasteiger partial charge < -0.3 is 10.2 Å². The Labute approximate surface area is 123 Å². The maximum absolute atomic E-state index is 4.76. The fraction of sp³-hybridized carbons (Fsp3) is 0.750. The van der Waals surface area contributed by atoms with Gasteiger partial charge >= 0.3 is 0 Å². The molecule has 1 aliphatic rings. The second kappa shape index (κ2) is 7.46. The summed E-state index contributed by atoms with van der Waals surface area (Å²) in [6, 6.07) is 2.09. The molecule has 0 aliphatic heterocycles. The van der Waals surface area contributed by atoms with Crippen LogP contribution in [0.25, 0.3) is 0 Å². The molecular formula is C16H28N4. The lowest BCUT2D eigenvalue weighted by Gasteiger charge is -2.19. The minimum absolute atomic E-state index is 0.598. The van der Waals surface area contributed by atoms with Crippen molar-refractivity contribution in [2.75, 3.05) is 30.4 Å². The summed E-state index contributed by atoms with van der Waals surface area (Å²) in [5, 5.41) is 3.40. The van der Waals surface area contributed by atoms with Gasteiger partial charge in [0.15, 0.2) is 0 Å². The largest absolute Gasteiger partial charge is 0.370 e. The van der Waals surface area contributed by atoms with E-state index in [4.69, 9.17) is 4.98 Å². The Morgan fingerprint density at radius 3 is 2.65 bits per heavy atom. The lowest BCUT2D eigenvalue weighted by molar-refractivity contribution is 0.699. The Hall–Kier alpha value is -1.32. The molecule has 0 unspecified atom stereocenters. The normalized spacial score (nSPS) is 14.3. The topological polar surface area (TPSA) is 41.0 Å². The van der Waals surface area contributed by atoms with E-state index < -0.39 is 0 Å². The summed E-state index contributed by atoms with van der Waals surface area (Å²) in [6.45, 7) is 6.46. The Morgan fingerprint density at radius 1 is 1.20 bits per heavy atom. The third kappa shape index (κ3) is 4.36. The van der Waals surface area contributed by atoms with Gasteiger partial charge in [0.1, 0.15) is 17.5 Å². The Morgan fingerprint density at radius 2 is 2.00 bits per heavy atom. The van der Waals surface area contributed by atoms with Crippen LogP contribution in [0.4, 0.5) is 11.6 Å². The van der Waals surface area contributed by atoms with E-state index in [-0.39, 0.29) is 0 Å². The number of rotatable bonds is 9. The number of hydrogen-bond donors (Lipinski definition) is 1. The van der Waals surface area contributed by atoms with Crippen molar-refractivity contribution >= 4 is 11.6 Å². The first-order valence-electron chi connectivity index (χ1n) is 8.08. The van der Waals surface area contributed by atoms with Gasteiger partial charge in [0.2, 0.25) is 0 Å². The maximum Gasteiger partial charge on any atom is 0.136 e. The first-order valence-corrected chi connectivity index (χ1v) is 8.08. The Bertz CT molecular complexity index is 415. The second-order valence-corrected chi connectivity index (χ2v) is 5.80. The SMILES string of the molecule is CCCCCN(C)c1cc(NCCC)nc(C2CC2)n1. The number of anilines is 2. The monoisotopic (exact) mass is 276 g/mol. The molecule has 20 heavy (non-hydrogen) atoms. The number of unbranched alkanes of at least 4 members (excludes halogenated alkanes) is 2. The van der Waals surface area contributed by atoms with E-state index in [9.17, 15) is 0 Å². The Balaban J connectivity index is 2.06. The van der Waals surface area contributed by atoms with Crippen LogP contribution in [0.1, 0.15) is 64.1 Å². The van der Waals surface area contributed by atoms with Crippen LogP contribution in [-0.4, -0.2) is 30.1 Å². The van der Waals surface area contributed by atoms with Crippen molar-refractivity contribution < 1.29 is 0 Å². The lowest BCUT2D eigenvalue weighted by Crippen LogP contribution is -2.21. The van der Waals surface area contributed by atoms with Crippen LogP contribution in [-0.2, 0) is 0 Å². The average Bonchev–Trinajstić information content (AvgIpc) is 3.29.